The standard InChI is InChI=1S/C62H34N4S2/c1-64-55-53(38-20-7-3-8-21-38)49(36-63)56(54(39-22-9-4-10-23-39)59(55)65-50-29-14-11-24-41(50)42-25-12-15-30-51(42)65)66-57-44(32-34-47-43-26-13-16-31-52(43)67-61(47)57)45-33-35-48-46-28-17-27-40(37-18-5-2-6-19-37)60(46)68-62(48)58(45)66/h2-35H/i2D,3D,4D,5D,6D,7D,8D,9D,10D,11D,12D,14D,15D,18D,19D,20D,21D,22D,23D,24D,25D,29D,30D. The fraction of sp³-hybridized carbons (Fsp3) is 0. The second-order valence-corrected chi connectivity index (χ2v) is 17.6. The van der Waals surface area contributed by atoms with E-state index < -0.39 is 206 Å². The van der Waals surface area contributed by atoms with Gasteiger partial charge >= 0.3 is 0 Å². The number of rotatable bonds is 5. The molecular weight excluding hydrogens is 865 g/mol. The van der Waals surface area contributed by atoms with Gasteiger partial charge in [0.15, 0.2) is 0 Å². The SMILES string of the molecule is [2H]c1c([2H])c([2H])c(-c2c(C#N)c(-n3c4c(ccc5c6ccccc6sc54)c4ccc5c6cccc(-c7c([2H])c([2H])c([2H])c([2H])c7[2H])c6sc5c43)c(-c3c([2H])c([2H])c([2H])c([2H])c3[2H])c(-n3c4c([2H])c([2H])c([2H])c([2H])c4c4c([2H])c([2H])c([2H])c([2H])c43)c2[N+]#[C-])c([2H])c1[2H]. The summed E-state index contributed by atoms with van der Waals surface area (Å²) in [6, 6.07) is 2.43. The minimum atomic E-state index is -0.975. The van der Waals surface area contributed by atoms with Crippen molar-refractivity contribution in [3.63, 3.8) is 0 Å². The van der Waals surface area contributed by atoms with Crippen molar-refractivity contribution in [2.24, 2.45) is 0 Å². The molecule has 0 unspecified atom stereocenters. The molecular formula is C62H34N4S2. The van der Waals surface area contributed by atoms with Crippen LogP contribution in [0.4, 0.5) is 5.69 Å². The predicted molar refractivity (Wildman–Crippen MR) is 288 cm³/mol. The number of fused-ring (bicyclic) bond motifs is 14. The number of hydrogen-bond acceptors (Lipinski definition) is 3. The Morgan fingerprint density at radius 3 is 1.60 bits per heavy atom. The number of aromatic nitrogens is 2. The van der Waals surface area contributed by atoms with Gasteiger partial charge < -0.3 is 9.13 Å². The Bertz CT molecular complexity index is 5760. The fourth-order valence-electron chi connectivity index (χ4n) is 9.66. The van der Waals surface area contributed by atoms with Gasteiger partial charge in [0.2, 0.25) is 5.69 Å². The van der Waals surface area contributed by atoms with Crippen molar-refractivity contribution in [1.82, 2.24) is 9.13 Å². The highest BCUT2D eigenvalue weighted by atomic mass is 32.1. The Kier molecular flexibility index (Phi) is 4.84. The smallest absolute Gasteiger partial charge is 0.220 e. The summed E-state index contributed by atoms with van der Waals surface area (Å²) < 4.78 is 217. The van der Waals surface area contributed by atoms with Gasteiger partial charge in [-0.3, -0.25) is 0 Å². The molecule has 4 nitrogen and oxygen atoms in total. The van der Waals surface area contributed by atoms with E-state index in [0.717, 1.165) is 26.0 Å². The Morgan fingerprint density at radius 1 is 0.456 bits per heavy atom. The van der Waals surface area contributed by atoms with E-state index in [-0.39, 0.29) is 22.2 Å². The molecule has 10 aromatic carbocycles. The number of nitriles is 1. The molecule has 68 heavy (non-hydrogen) atoms. The molecule has 0 amide bonds. The lowest BCUT2D eigenvalue weighted by Gasteiger charge is -2.26. The summed E-state index contributed by atoms with van der Waals surface area (Å²) in [4.78, 5) is 3.99. The minimum Gasteiger partial charge on any atom is -0.318 e. The van der Waals surface area contributed by atoms with Gasteiger partial charge in [0.05, 0.1) is 86.5 Å². The topological polar surface area (TPSA) is 38.0 Å². The minimum absolute atomic E-state index is 0.132. The summed E-state index contributed by atoms with van der Waals surface area (Å²) in [7, 11) is 0. The lowest BCUT2D eigenvalue weighted by Crippen LogP contribution is -2.09. The molecule has 14 rings (SSSR count). The summed E-state index contributed by atoms with van der Waals surface area (Å²) >= 11 is 2.39. The van der Waals surface area contributed by atoms with Crippen LogP contribution in [0.3, 0.4) is 0 Å². The third-order valence-electron chi connectivity index (χ3n) is 12.3. The Labute approximate surface area is 430 Å². The summed E-state index contributed by atoms with van der Waals surface area (Å²) in [6.07, 6.45) is 0. The highest BCUT2D eigenvalue weighted by Crippen LogP contribution is 2.55. The van der Waals surface area contributed by atoms with Crippen molar-refractivity contribution in [2.75, 3.05) is 0 Å². The molecule has 0 aliphatic rings. The molecule has 0 radical (unpaired) electrons. The molecule has 0 aliphatic heterocycles. The zero-order valence-corrected chi connectivity index (χ0v) is 36.1. The second-order valence-electron chi connectivity index (χ2n) is 15.6. The Balaban J connectivity index is 1.38. The van der Waals surface area contributed by atoms with Crippen molar-refractivity contribution >= 4 is 112 Å². The van der Waals surface area contributed by atoms with Crippen LogP contribution in [0.1, 0.15) is 37.1 Å². The third kappa shape index (κ3) is 5.33. The lowest BCUT2D eigenvalue weighted by atomic mass is 9.88. The molecule has 0 bridgehead atoms. The van der Waals surface area contributed by atoms with Crippen molar-refractivity contribution in [3.05, 3.63) is 223 Å². The largest absolute Gasteiger partial charge is 0.318 e. The summed E-state index contributed by atoms with van der Waals surface area (Å²) in [5, 5.41) is 14.6. The molecule has 314 valence electrons. The van der Waals surface area contributed by atoms with Gasteiger partial charge in [-0.2, -0.15) is 5.26 Å². The van der Waals surface area contributed by atoms with E-state index >= 15 is 0 Å². The first kappa shape index (κ1) is 22.1. The number of thiophene rings is 2. The van der Waals surface area contributed by atoms with Crippen molar-refractivity contribution in [2.45, 2.75) is 0 Å². The maximum Gasteiger partial charge on any atom is 0.220 e. The highest BCUT2D eigenvalue weighted by molar-refractivity contribution is 7.27. The lowest BCUT2D eigenvalue weighted by molar-refractivity contribution is 1.14. The molecule has 0 saturated heterocycles. The maximum atomic E-state index is 12.5. The van der Waals surface area contributed by atoms with Gasteiger partial charge in [-0.05, 0) is 40.4 Å². The van der Waals surface area contributed by atoms with Gasteiger partial charge in [0.1, 0.15) is 6.07 Å². The van der Waals surface area contributed by atoms with Gasteiger partial charge in [-0.25, -0.2) is 4.85 Å². The van der Waals surface area contributed by atoms with Gasteiger partial charge in [-0.1, -0.05) is 188 Å². The van der Waals surface area contributed by atoms with Crippen LogP contribution < -0.4 is 0 Å². The van der Waals surface area contributed by atoms with Crippen LogP contribution in [0, 0.1) is 17.9 Å². The first-order valence-corrected chi connectivity index (χ1v) is 22.4. The molecule has 6 heteroatoms. The maximum absolute atomic E-state index is 12.5. The molecule has 0 saturated carbocycles. The number of nitrogens with zero attached hydrogens (tertiary/aromatic N) is 4. The predicted octanol–water partition coefficient (Wildman–Crippen LogP) is 18.0. The molecule has 4 aromatic heterocycles. The molecule has 0 atom stereocenters. The zero-order chi connectivity index (χ0) is 65.1. The average Bonchev–Trinajstić information content (AvgIpc) is 1.60. The van der Waals surface area contributed by atoms with Crippen molar-refractivity contribution in [1.29, 1.82) is 5.26 Å². The first-order valence-electron chi connectivity index (χ1n) is 32.2. The molecule has 0 N–H and O–H groups in total. The molecule has 14 aromatic rings. The number of para-hydroxylation sites is 2. The van der Waals surface area contributed by atoms with E-state index in [4.69, 9.17) is 17.8 Å². The van der Waals surface area contributed by atoms with Gasteiger partial charge in [0, 0.05) is 63.6 Å². The Hall–Kier alpha value is -8.78. The van der Waals surface area contributed by atoms with Crippen molar-refractivity contribution < 1.29 is 31.5 Å². The molecule has 0 aliphatic carbocycles. The fourth-order valence-corrected chi connectivity index (χ4v) is 12.3. The van der Waals surface area contributed by atoms with E-state index in [1.807, 2.05) is 30.3 Å². The average molecular weight is 922 g/mol. The monoisotopic (exact) mass is 921 g/mol. The second kappa shape index (κ2) is 14.9. The van der Waals surface area contributed by atoms with E-state index in [0.29, 0.717) is 41.0 Å². The molecule has 0 fully saturated rings. The van der Waals surface area contributed by atoms with Crippen LogP contribution >= 0.6 is 22.7 Å². The number of benzene rings is 10. The summed E-state index contributed by atoms with van der Waals surface area (Å²) in [6.45, 7) is 9.38. The normalized spacial score (nSPS) is 16.5. The number of hydrogen-bond donors (Lipinski definition) is 0. The van der Waals surface area contributed by atoms with Gasteiger partial charge in [-0.15, -0.1) is 22.7 Å². The van der Waals surface area contributed by atoms with E-state index in [2.05, 4.69) is 10.9 Å². The quantitative estimate of drug-likeness (QED) is 0.159. The van der Waals surface area contributed by atoms with Crippen LogP contribution in [-0.4, -0.2) is 9.13 Å². The van der Waals surface area contributed by atoms with E-state index in [9.17, 15) is 25.5 Å². The van der Waals surface area contributed by atoms with Crippen LogP contribution in [0.15, 0.2) is 206 Å². The van der Waals surface area contributed by atoms with Crippen LogP contribution in [0.25, 0.3) is 134 Å². The van der Waals surface area contributed by atoms with E-state index in [1.165, 1.54) is 11.3 Å². The summed E-state index contributed by atoms with van der Waals surface area (Å²) in [5.41, 5.74) is -6.62. The summed E-state index contributed by atoms with van der Waals surface area (Å²) in [5.74, 6) is 0. The Morgan fingerprint density at radius 2 is 0.971 bits per heavy atom. The van der Waals surface area contributed by atoms with E-state index in [1.54, 1.807) is 41.0 Å². The third-order valence-corrected chi connectivity index (χ3v) is 14.7. The van der Waals surface area contributed by atoms with Crippen LogP contribution in [0.5, 0.6) is 0 Å². The van der Waals surface area contributed by atoms with Crippen LogP contribution in [0.2, 0.25) is 0 Å². The molecule has 0 spiro atoms. The van der Waals surface area contributed by atoms with Crippen LogP contribution in [-0.2, 0) is 0 Å². The highest BCUT2D eigenvalue weighted by Gasteiger charge is 2.33. The zero-order valence-electron chi connectivity index (χ0n) is 57.5. The van der Waals surface area contributed by atoms with Gasteiger partial charge in [0.25, 0.3) is 0 Å². The first-order chi connectivity index (χ1) is 43.2. The van der Waals surface area contributed by atoms with Crippen molar-refractivity contribution in [3.8, 4) is 50.8 Å². The molecule has 4 heterocycles.